The van der Waals surface area contributed by atoms with Gasteiger partial charge in [0.1, 0.15) is 5.60 Å². The maximum absolute atomic E-state index is 12.5. The maximum atomic E-state index is 12.5. The van der Waals surface area contributed by atoms with Crippen LogP contribution in [0, 0.1) is 0 Å². The molecule has 1 atom stereocenters. The molecule has 3 amide bonds. The normalized spacial score (nSPS) is 16.7. The molecule has 2 heterocycles. The number of carbonyl (C=O) groups is 3. The fourth-order valence-corrected chi connectivity index (χ4v) is 4.38. The first-order valence-corrected chi connectivity index (χ1v) is 12.3. The van der Waals surface area contributed by atoms with Crippen LogP contribution in [0.1, 0.15) is 46.6 Å². The molecule has 3 rings (SSSR count). The van der Waals surface area contributed by atoms with Gasteiger partial charge in [-0.25, -0.2) is 9.59 Å². The van der Waals surface area contributed by atoms with Gasteiger partial charge < -0.3 is 20.1 Å². The van der Waals surface area contributed by atoms with Crippen molar-refractivity contribution >= 4 is 34.8 Å². The van der Waals surface area contributed by atoms with E-state index in [-0.39, 0.29) is 31.7 Å². The molecule has 1 fully saturated rings. The van der Waals surface area contributed by atoms with Crippen LogP contribution in [-0.2, 0) is 27.9 Å². The maximum Gasteiger partial charge on any atom is 0.410 e. The van der Waals surface area contributed by atoms with E-state index in [9.17, 15) is 14.4 Å². The summed E-state index contributed by atoms with van der Waals surface area (Å²) in [6, 6.07) is 5.33. The summed E-state index contributed by atoms with van der Waals surface area (Å²) in [4.78, 5) is 42.0. The minimum absolute atomic E-state index is 0.0134. The van der Waals surface area contributed by atoms with Gasteiger partial charge >= 0.3 is 18.1 Å². The molecule has 1 aromatic heterocycles. The van der Waals surface area contributed by atoms with Crippen LogP contribution >= 0.6 is 0 Å². The van der Waals surface area contributed by atoms with Crippen LogP contribution in [0.4, 0.5) is 15.4 Å². The van der Waals surface area contributed by atoms with Crippen molar-refractivity contribution in [1.82, 2.24) is 19.6 Å². The van der Waals surface area contributed by atoms with Crippen molar-refractivity contribution in [1.29, 1.82) is 0 Å². The SMILES string of the molecule is CCOC(=O)CCN(C(N)=O)c1nn(C)c2ccc(CN3CCN(C(=O)OC(C)(C)C)[C@@H](C)C3)cc12. The minimum Gasteiger partial charge on any atom is -0.466 e. The summed E-state index contributed by atoms with van der Waals surface area (Å²) in [5.74, 6) is 0.0126. The average Bonchev–Trinajstić information content (AvgIpc) is 3.08. The Morgan fingerprint density at radius 1 is 1.22 bits per heavy atom. The third-order valence-corrected chi connectivity index (χ3v) is 6.01. The first-order valence-electron chi connectivity index (χ1n) is 12.3. The molecular weight excluding hydrogens is 464 g/mol. The molecule has 0 saturated carbocycles. The third kappa shape index (κ3) is 6.66. The third-order valence-electron chi connectivity index (χ3n) is 6.01. The van der Waals surface area contributed by atoms with Crippen LogP contribution in [0.2, 0.25) is 0 Å². The van der Waals surface area contributed by atoms with Crippen LogP contribution < -0.4 is 10.6 Å². The second-order valence-electron chi connectivity index (χ2n) is 10.1. The second-order valence-corrected chi connectivity index (χ2v) is 10.1. The Bertz CT molecular complexity index is 1110. The van der Waals surface area contributed by atoms with E-state index in [0.717, 1.165) is 16.5 Å². The van der Waals surface area contributed by atoms with Gasteiger partial charge in [-0.05, 0) is 52.3 Å². The highest BCUT2D eigenvalue weighted by atomic mass is 16.6. The molecule has 1 aromatic carbocycles. The van der Waals surface area contributed by atoms with E-state index < -0.39 is 17.6 Å². The summed E-state index contributed by atoms with van der Waals surface area (Å²) in [5.41, 5.74) is 7.01. The Morgan fingerprint density at radius 3 is 2.56 bits per heavy atom. The fourth-order valence-electron chi connectivity index (χ4n) is 4.38. The number of urea groups is 1. The van der Waals surface area contributed by atoms with E-state index in [1.807, 2.05) is 45.9 Å². The summed E-state index contributed by atoms with van der Waals surface area (Å²) in [5, 5.41) is 5.29. The van der Waals surface area contributed by atoms with E-state index in [1.165, 1.54) is 4.90 Å². The van der Waals surface area contributed by atoms with Crippen LogP contribution in [-0.4, -0.2) is 82.1 Å². The van der Waals surface area contributed by atoms with Crippen LogP contribution in [0.3, 0.4) is 0 Å². The average molecular weight is 503 g/mol. The van der Waals surface area contributed by atoms with Crippen molar-refractivity contribution in [3.63, 3.8) is 0 Å². The van der Waals surface area contributed by atoms with Gasteiger partial charge in [0.25, 0.3) is 0 Å². The molecule has 1 aliphatic rings. The zero-order chi connectivity index (χ0) is 26.6. The molecule has 198 valence electrons. The molecule has 36 heavy (non-hydrogen) atoms. The number of nitrogens with zero attached hydrogens (tertiary/aromatic N) is 5. The lowest BCUT2D eigenvalue weighted by Gasteiger charge is -2.40. The Balaban J connectivity index is 1.75. The van der Waals surface area contributed by atoms with Crippen LogP contribution in [0.25, 0.3) is 10.9 Å². The number of nitrogens with two attached hydrogens (primary N) is 1. The number of hydrogen-bond acceptors (Lipinski definition) is 7. The minimum atomic E-state index is -0.684. The summed E-state index contributed by atoms with van der Waals surface area (Å²) in [6.07, 6.45) is -0.264. The molecule has 1 aliphatic heterocycles. The molecule has 0 unspecified atom stereocenters. The number of benzene rings is 1. The molecule has 0 spiro atoms. The highest BCUT2D eigenvalue weighted by Crippen LogP contribution is 2.28. The van der Waals surface area contributed by atoms with Gasteiger partial charge in [0.05, 0.1) is 18.5 Å². The lowest BCUT2D eigenvalue weighted by atomic mass is 10.1. The molecule has 11 heteroatoms. The highest BCUT2D eigenvalue weighted by Gasteiger charge is 2.31. The standard InChI is InChI=1S/C25H38N6O5/c1-7-35-21(32)10-11-31(23(26)33)22-19-14-18(8-9-20(19)28(6)27-22)16-29-12-13-30(17(2)15-29)24(34)36-25(3,4)5/h8-9,14,17H,7,10-13,15-16H2,1-6H3,(H2,26,33)/t17-/m0/s1. The van der Waals surface area contributed by atoms with E-state index in [0.29, 0.717) is 32.0 Å². The number of hydrogen-bond donors (Lipinski definition) is 1. The number of aromatic nitrogens is 2. The summed E-state index contributed by atoms with van der Waals surface area (Å²) in [7, 11) is 1.80. The number of amides is 3. The first kappa shape index (κ1) is 27.3. The van der Waals surface area contributed by atoms with Gasteiger partial charge in [-0.15, -0.1) is 0 Å². The van der Waals surface area contributed by atoms with E-state index >= 15 is 0 Å². The second kappa shape index (κ2) is 11.2. The summed E-state index contributed by atoms with van der Waals surface area (Å²) < 4.78 is 12.2. The summed E-state index contributed by atoms with van der Waals surface area (Å²) >= 11 is 0. The Hall–Kier alpha value is -3.34. The quantitative estimate of drug-likeness (QED) is 0.578. The van der Waals surface area contributed by atoms with E-state index in [2.05, 4.69) is 10.00 Å². The Kier molecular flexibility index (Phi) is 8.44. The Labute approximate surface area is 212 Å². The summed E-state index contributed by atoms with van der Waals surface area (Å²) in [6.45, 7) is 12.4. The van der Waals surface area contributed by atoms with Crippen LogP contribution in [0.5, 0.6) is 0 Å². The zero-order valence-corrected chi connectivity index (χ0v) is 22.1. The fraction of sp³-hybridized carbons (Fsp3) is 0.600. The van der Waals surface area contributed by atoms with Gasteiger partial charge in [-0.1, -0.05) is 6.07 Å². The van der Waals surface area contributed by atoms with Crippen molar-refractivity contribution < 1.29 is 23.9 Å². The van der Waals surface area contributed by atoms with Crippen molar-refractivity contribution in [2.45, 2.75) is 59.2 Å². The van der Waals surface area contributed by atoms with Crippen molar-refractivity contribution in [3.05, 3.63) is 23.8 Å². The molecule has 1 saturated heterocycles. The molecular formula is C25H38N6O5. The topological polar surface area (TPSA) is 123 Å². The van der Waals surface area contributed by atoms with Crippen LogP contribution in [0.15, 0.2) is 18.2 Å². The largest absolute Gasteiger partial charge is 0.466 e. The number of ether oxygens (including phenoxy) is 2. The first-order chi connectivity index (χ1) is 16.9. The van der Waals surface area contributed by atoms with Crippen molar-refractivity contribution in [3.8, 4) is 0 Å². The Morgan fingerprint density at radius 2 is 1.94 bits per heavy atom. The molecule has 2 N–H and O–H groups in total. The number of aryl methyl sites for hydroxylation is 1. The van der Waals surface area contributed by atoms with E-state index in [4.69, 9.17) is 15.2 Å². The predicted molar refractivity (Wildman–Crippen MR) is 137 cm³/mol. The smallest absolute Gasteiger partial charge is 0.410 e. The van der Waals surface area contributed by atoms with Gasteiger partial charge in [0.2, 0.25) is 0 Å². The monoisotopic (exact) mass is 502 g/mol. The number of fused-ring (bicyclic) bond motifs is 1. The number of rotatable bonds is 7. The van der Waals surface area contributed by atoms with Gasteiger partial charge in [0, 0.05) is 51.2 Å². The lowest BCUT2D eigenvalue weighted by molar-refractivity contribution is -0.142. The number of anilines is 1. The number of primary amides is 1. The van der Waals surface area contributed by atoms with Gasteiger partial charge in [-0.3, -0.25) is 19.3 Å². The lowest BCUT2D eigenvalue weighted by Crippen LogP contribution is -2.54. The molecule has 0 radical (unpaired) electrons. The zero-order valence-electron chi connectivity index (χ0n) is 22.1. The molecule has 0 aliphatic carbocycles. The van der Waals surface area contributed by atoms with E-state index in [1.54, 1.807) is 23.6 Å². The number of piperazine rings is 1. The highest BCUT2D eigenvalue weighted by molar-refractivity contribution is 6.00. The predicted octanol–water partition coefficient (Wildman–Crippen LogP) is 2.85. The molecule has 2 aromatic rings. The molecule has 11 nitrogen and oxygen atoms in total. The number of esters is 1. The van der Waals surface area contributed by atoms with Crippen molar-refractivity contribution in [2.24, 2.45) is 12.8 Å². The number of carbonyl (C=O) groups excluding carboxylic acids is 3. The van der Waals surface area contributed by atoms with Gasteiger partial charge in [-0.2, -0.15) is 5.10 Å². The van der Waals surface area contributed by atoms with Crippen molar-refractivity contribution in [2.75, 3.05) is 37.7 Å². The molecule has 0 bridgehead atoms. The van der Waals surface area contributed by atoms with Gasteiger partial charge in [0.15, 0.2) is 5.82 Å².